The smallest absolute Gasteiger partial charge is 0.341 e. The van der Waals surface area contributed by atoms with Crippen molar-refractivity contribution >= 4 is 16.1 Å². The van der Waals surface area contributed by atoms with Crippen molar-refractivity contribution in [2.75, 3.05) is 0 Å². The van der Waals surface area contributed by atoms with E-state index in [1.54, 1.807) is 18.2 Å². The van der Waals surface area contributed by atoms with Gasteiger partial charge in [-0.25, -0.2) is 4.79 Å². The summed E-state index contributed by atoms with van der Waals surface area (Å²) in [7, 11) is -3.80. The van der Waals surface area contributed by atoms with E-state index in [2.05, 4.69) is 4.18 Å². The van der Waals surface area contributed by atoms with Crippen LogP contribution in [0.1, 0.15) is 24.2 Å². The lowest BCUT2D eigenvalue weighted by Crippen LogP contribution is -2.21. The first-order valence-electron chi connectivity index (χ1n) is 4.46. The molecule has 0 unspecified atom stereocenters. The van der Waals surface area contributed by atoms with Gasteiger partial charge in [-0.15, -0.1) is 0 Å². The van der Waals surface area contributed by atoms with Crippen molar-refractivity contribution in [3.05, 3.63) is 35.9 Å². The molecule has 0 radical (unpaired) electrons. The molecular weight excluding hydrogens is 216 g/mol. The molecule has 0 saturated heterocycles. The Labute approximate surface area is 89.0 Å². The third kappa shape index (κ3) is 3.06. The van der Waals surface area contributed by atoms with Crippen molar-refractivity contribution in [3.63, 3.8) is 0 Å². The van der Waals surface area contributed by atoms with Crippen LogP contribution < -0.4 is 0 Å². The minimum Gasteiger partial charge on any atom is -0.341 e. The third-order valence-corrected chi connectivity index (χ3v) is 3.32. The molecule has 0 saturated carbocycles. The summed E-state index contributed by atoms with van der Waals surface area (Å²) in [5, 5.41) is -0.731. The molecule has 0 aromatic heterocycles. The molecular formula is C10H12O4S. The molecule has 0 amide bonds. The zero-order chi connectivity index (χ0) is 11.5. The minimum absolute atomic E-state index is 0.224. The molecule has 0 aliphatic rings. The highest BCUT2D eigenvalue weighted by molar-refractivity contribution is 7.87. The second kappa shape index (κ2) is 4.44. The molecule has 0 bridgehead atoms. The molecule has 0 N–H and O–H groups in total. The van der Waals surface area contributed by atoms with E-state index in [0.29, 0.717) is 0 Å². The van der Waals surface area contributed by atoms with Crippen LogP contribution in [0.5, 0.6) is 0 Å². The fraction of sp³-hybridized carbons (Fsp3) is 0.300. The highest BCUT2D eigenvalue weighted by Crippen LogP contribution is 2.08. The summed E-state index contributed by atoms with van der Waals surface area (Å²) in [6.45, 7) is 2.90. The average molecular weight is 228 g/mol. The van der Waals surface area contributed by atoms with E-state index in [0.717, 1.165) is 0 Å². The molecule has 0 aliphatic heterocycles. The molecule has 5 heteroatoms. The lowest BCUT2D eigenvalue weighted by molar-refractivity contribution is 0.0745. The van der Waals surface area contributed by atoms with Crippen molar-refractivity contribution in [2.45, 2.75) is 19.1 Å². The Morgan fingerprint density at radius 2 is 1.73 bits per heavy atom. The Kier molecular flexibility index (Phi) is 3.47. The average Bonchev–Trinajstić information content (AvgIpc) is 2.18. The lowest BCUT2D eigenvalue weighted by atomic mass is 10.2. The first kappa shape index (κ1) is 11.7. The molecule has 1 rings (SSSR count). The van der Waals surface area contributed by atoms with E-state index in [-0.39, 0.29) is 5.56 Å². The summed E-state index contributed by atoms with van der Waals surface area (Å²) >= 11 is 0. The highest BCUT2D eigenvalue weighted by atomic mass is 32.2. The fourth-order valence-corrected chi connectivity index (χ4v) is 1.32. The van der Waals surface area contributed by atoms with Crippen molar-refractivity contribution < 1.29 is 17.4 Å². The normalized spacial score (nSPS) is 11.4. The van der Waals surface area contributed by atoms with Gasteiger partial charge < -0.3 is 4.18 Å². The number of benzene rings is 1. The standard InChI is InChI=1S/C10H12O4S/c1-8(2)15(12,13)14-10(11)9-6-4-3-5-7-9/h3-8H,1-2H3. The van der Waals surface area contributed by atoms with Gasteiger partial charge in [0, 0.05) is 0 Å². The Bertz CT molecular complexity index is 434. The van der Waals surface area contributed by atoms with Crippen LogP contribution in [0.4, 0.5) is 0 Å². The largest absolute Gasteiger partial charge is 0.353 e. The van der Waals surface area contributed by atoms with Crippen LogP contribution in [0.15, 0.2) is 30.3 Å². The van der Waals surface area contributed by atoms with Crippen LogP contribution in [0.25, 0.3) is 0 Å². The second-order valence-corrected chi connectivity index (χ2v) is 5.37. The maximum atomic E-state index is 11.4. The second-order valence-electron chi connectivity index (χ2n) is 3.28. The van der Waals surface area contributed by atoms with Gasteiger partial charge in [0.05, 0.1) is 10.8 Å². The molecule has 1 aromatic carbocycles. The minimum atomic E-state index is -3.80. The Morgan fingerprint density at radius 3 is 2.20 bits per heavy atom. The fourth-order valence-electron chi connectivity index (χ4n) is 0.824. The lowest BCUT2D eigenvalue weighted by Gasteiger charge is -2.07. The quantitative estimate of drug-likeness (QED) is 0.737. The first-order chi connectivity index (χ1) is 6.93. The maximum absolute atomic E-state index is 11.4. The Morgan fingerprint density at radius 1 is 1.20 bits per heavy atom. The van der Waals surface area contributed by atoms with Crippen molar-refractivity contribution in [2.24, 2.45) is 0 Å². The molecule has 0 aliphatic carbocycles. The molecule has 0 spiro atoms. The zero-order valence-electron chi connectivity index (χ0n) is 8.51. The van der Waals surface area contributed by atoms with E-state index >= 15 is 0 Å². The van der Waals surface area contributed by atoms with Gasteiger partial charge in [-0.1, -0.05) is 18.2 Å². The molecule has 15 heavy (non-hydrogen) atoms. The van der Waals surface area contributed by atoms with Crippen LogP contribution in [0.2, 0.25) is 0 Å². The highest BCUT2D eigenvalue weighted by Gasteiger charge is 2.22. The summed E-state index contributed by atoms with van der Waals surface area (Å²) in [6, 6.07) is 8.00. The third-order valence-electron chi connectivity index (χ3n) is 1.78. The summed E-state index contributed by atoms with van der Waals surface area (Å²) in [5.41, 5.74) is 0.224. The molecule has 0 atom stereocenters. The van der Waals surface area contributed by atoms with E-state index < -0.39 is 21.3 Å². The van der Waals surface area contributed by atoms with E-state index in [1.165, 1.54) is 26.0 Å². The summed E-state index contributed by atoms with van der Waals surface area (Å²) < 4.78 is 27.0. The van der Waals surface area contributed by atoms with Gasteiger partial charge in [0.1, 0.15) is 0 Å². The number of carbonyl (C=O) groups excluding carboxylic acids is 1. The molecule has 1 aromatic rings. The zero-order valence-corrected chi connectivity index (χ0v) is 9.32. The molecule has 0 fully saturated rings. The summed E-state index contributed by atoms with van der Waals surface area (Å²) in [4.78, 5) is 11.4. The van der Waals surface area contributed by atoms with E-state index in [9.17, 15) is 13.2 Å². The molecule has 82 valence electrons. The first-order valence-corrected chi connectivity index (χ1v) is 5.93. The Hall–Kier alpha value is -1.36. The molecule has 4 nitrogen and oxygen atoms in total. The van der Waals surface area contributed by atoms with Crippen molar-refractivity contribution in [3.8, 4) is 0 Å². The maximum Gasteiger partial charge on any atom is 0.353 e. The Balaban J connectivity index is 2.82. The van der Waals surface area contributed by atoms with Gasteiger partial charge in [0.25, 0.3) is 0 Å². The van der Waals surface area contributed by atoms with Crippen LogP contribution in [-0.2, 0) is 14.3 Å². The summed E-state index contributed by atoms with van der Waals surface area (Å²) in [5.74, 6) is -0.843. The number of hydrogen-bond acceptors (Lipinski definition) is 4. The van der Waals surface area contributed by atoms with Crippen LogP contribution >= 0.6 is 0 Å². The topological polar surface area (TPSA) is 60.4 Å². The van der Waals surface area contributed by atoms with Gasteiger partial charge >= 0.3 is 16.1 Å². The van der Waals surface area contributed by atoms with Crippen molar-refractivity contribution in [1.82, 2.24) is 0 Å². The predicted octanol–water partition coefficient (Wildman–Crippen LogP) is 1.58. The van der Waals surface area contributed by atoms with E-state index in [1.807, 2.05) is 0 Å². The van der Waals surface area contributed by atoms with Crippen LogP contribution in [0.3, 0.4) is 0 Å². The van der Waals surface area contributed by atoms with Gasteiger partial charge in [0.15, 0.2) is 0 Å². The van der Waals surface area contributed by atoms with Gasteiger partial charge in [0.2, 0.25) is 0 Å². The number of rotatable bonds is 3. The number of hydrogen-bond donors (Lipinski definition) is 0. The van der Waals surface area contributed by atoms with Gasteiger partial charge in [-0.2, -0.15) is 8.42 Å². The summed E-state index contributed by atoms with van der Waals surface area (Å²) in [6.07, 6.45) is 0. The van der Waals surface area contributed by atoms with Gasteiger partial charge in [-0.05, 0) is 26.0 Å². The van der Waals surface area contributed by atoms with Crippen molar-refractivity contribution in [1.29, 1.82) is 0 Å². The predicted molar refractivity (Wildman–Crippen MR) is 55.9 cm³/mol. The monoisotopic (exact) mass is 228 g/mol. The van der Waals surface area contributed by atoms with E-state index in [4.69, 9.17) is 0 Å². The molecule has 0 heterocycles. The SMILES string of the molecule is CC(C)S(=O)(=O)OC(=O)c1ccccc1. The van der Waals surface area contributed by atoms with Crippen LogP contribution in [-0.4, -0.2) is 19.6 Å². The van der Waals surface area contributed by atoms with Crippen LogP contribution in [0, 0.1) is 0 Å². The number of carbonyl (C=O) groups is 1. The van der Waals surface area contributed by atoms with Gasteiger partial charge in [-0.3, -0.25) is 0 Å².